The molecule has 0 aromatic rings. The van der Waals surface area contributed by atoms with Crippen LogP contribution in [0.5, 0.6) is 0 Å². The highest BCUT2D eigenvalue weighted by molar-refractivity contribution is 6.23. The van der Waals surface area contributed by atoms with E-state index in [1.165, 1.54) is 6.42 Å². The summed E-state index contributed by atoms with van der Waals surface area (Å²) < 4.78 is 0. The van der Waals surface area contributed by atoms with Crippen LogP contribution in [0.1, 0.15) is 46.5 Å². The Labute approximate surface area is 63.6 Å². The summed E-state index contributed by atoms with van der Waals surface area (Å²) in [6.45, 7) is 6.50. The lowest BCUT2D eigenvalue weighted by Crippen LogP contribution is -2.17. The molecule has 0 spiro atoms. The van der Waals surface area contributed by atoms with Gasteiger partial charge in [0.25, 0.3) is 0 Å². The van der Waals surface area contributed by atoms with Crippen LogP contribution in [0.4, 0.5) is 0 Å². The summed E-state index contributed by atoms with van der Waals surface area (Å²) in [4.78, 5) is 0.106. The van der Waals surface area contributed by atoms with Crippen LogP contribution in [0, 0.1) is 0 Å². The van der Waals surface area contributed by atoms with Crippen LogP contribution < -0.4 is 0 Å². The molecule has 0 aromatic heterocycles. The zero-order chi connectivity index (χ0) is 7.33. The molecule has 0 atom stereocenters. The van der Waals surface area contributed by atoms with E-state index in [1.54, 1.807) is 0 Å². The van der Waals surface area contributed by atoms with E-state index in [-0.39, 0.29) is 4.87 Å². The van der Waals surface area contributed by atoms with Crippen molar-refractivity contribution in [3.63, 3.8) is 0 Å². The van der Waals surface area contributed by atoms with Crippen LogP contribution in [0.15, 0.2) is 0 Å². The number of rotatable bonds is 4. The molecule has 0 N–H and O–H groups in total. The Morgan fingerprint density at radius 2 is 1.56 bits per heavy atom. The van der Waals surface area contributed by atoms with Gasteiger partial charge in [-0.1, -0.05) is 27.2 Å². The molecule has 0 heterocycles. The molecule has 0 aliphatic heterocycles. The lowest BCUT2D eigenvalue weighted by Gasteiger charge is -2.22. The van der Waals surface area contributed by atoms with E-state index in [4.69, 9.17) is 11.6 Å². The standard InChI is InChI=1S/C8H17Cl/c1-4-7-8(9,5-2)6-3/h4-7H2,1-3H3. The van der Waals surface area contributed by atoms with E-state index in [0.717, 1.165) is 19.3 Å². The summed E-state index contributed by atoms with van der Waals surface area (Å²) in [5.41, 5.74) is 0. The molecule has 9 heavy (non-hydrogen) atoms. The first-order valence-electron chi connectivity index (χ1n) is 3.87. The number of halogens is 1. The van der Waals surface area contributed by atoms with E-state index in [9.17, 15) is 0 Å². The van der Waals surface area contributed by atoms with Crippen molar-refractivity contribution >= 4 is 11.6 Å². The minimum atomic E-state index is 0.106. The van der Waals surface area contributed by atoms with Crippen LogP contribution in [-0.2, 0) is 0 Å². The fourth-order valence-electron chi connectivity index (χ4n) is 1.05. The normalized spacial score (nSPS) is 12.0. The van der Waals surface area contributed by atoms with Crippen LogP contribution >= 0.6 is 11.6 Å². The van der Waals surface area contributed by atoms with Crippen molar-refractivity contribution in [2.24, 2.45) is 0 Å². The fraction of sp³-hybridized carbons (Fsp3) is 1.00. The van der Waals surface area contributed by atoms with E-state index in [1.807, 2.05) is 0 Å². The molecule has 0 radical (unpaired) electrons. The van der Waals surface area contributed by atoms with Gasteiger partial charge in [0.15, 0.2) is 0 Å². The van der Waals surface area contributed by atoms with Gasteiger partial charge in [0.05, 0.1) is 0 Å². The highest BCUT2D eigenvalue weighted by atomic mass is 35.5. The molecule has 0 aromatic carbocycles. The van der Waals surface area contributed by atoms with Gasteiger partial charge in [0, 0.05) is 4.87 Å². The molecule has 0 nitrogen and oxygen atoms in total. The van der Waals surface area contributed by atoms with Crippen LogP contribution in [0.25, 0.3) is 0 Å². The van der Waals surface area contributed by atoms with Gasteiger partial charge in [-0.2, -0.15) is 0 Å². The van der Waals surface area contributed by atoms with Gasteiger partial charge in [0.2, 0.25) is 0 Å². The van der Waals surface area contributed by atoms with Crippen molar-refractivity contribution in [1.29, 1.82) is 0 Å². The van der Waals surface area contributed by atoms with Gasteiger partial charge in [0.1, 0.15) is 0 Å². The second kappa shape index (κ2) is 4.16. The Morgan fingerprint density at radius 1 is 1.11 bits per heavy atom. The second-order valence-electron chi connectivity index (χ2n) is 2.61. The highest BCUT2D eigenvalue weighted by Crippen LogP contribution is 2.28. The molecule has 1 heteroatoms. The van der Waals surface area contributed by atoms with E-state index in [0.29, 0.717) is 0 Å². The van der Waals surface area contributed by atoms with Crippen LogP contribution in [0.3, 0.4) is 0 Å². The molecule has 0 amide bonds. The maximum atomic E-state index is 6.21. The summed E-state index contributed by atoms with van der Waals surface area (Å²) >= 11 is 6.21. The number of hydrogen-bond donors (Lipinski definition) is 0. The van der Waals surface area contributed by atoms with E-state index >= 15 is 0 Å². The minimum Gasteiger partial charge on any atom is -0.119 e. The van der Waals surface area contributed by atoms with Crippen molar-refractivity contribution < 1.29 is 0 Å². The summed E-state index contributed by atoms with van der Waals surface area (Å²) in [6.07, 6.45) is 4.55. The van der Waals surface area contributed by atoms with Crippen molar-refractivity contribution in [2.45, 2.75) is 51.3 Å². The Morgan fingerprint density at radius 3 is 1.67 bits per heavy atom. The third kappa shape index (κ3) is 3.10. The monoisotopic (exact) mass is 148 g/mol. The molecule has 0 unspecified atom stereocenters. The van der Waals surface area contributed by atoms with Crippen LogP contribution in [0.2, 0.25) is 0 Å². The first-order chi connectivity index (χ1) is 4.18. The third-order valence-corrected chi connectivity index (χ3v) is 2.69. The molecular formula is C8H17Cl. The molecule has 0 aliphatic rings. The van der Waals surface area contributed by atoms with Crippen molar-refractivity contribution in [2.75, 3.05) is 0 Å². The minimum absolute atomic E-state index is 0.106. The zero-order valence-electron chi connectivity index (χ0n) is 6.71. The average molecular weight is 149 g/mol. The smallest absolute Gasteiger partial charge is 0.0441 e. The van der Waals surface area contributed by atoms with Crippen molar-refractivity contribution in [1.82, 2.24) is 0 Å². The van der Waals surface area contributed by atoms with Gasteiger partial charge in [-0.25, -0.2) is 0 Å². The quantitative estimate of drug-likeness (QED) is 0.535. The molecule has 0 bridgehead atoms. The topological polar surface area (TPSA) is 0 Å². The first-order valence-corrected chi connectivity index (χ1v) is 4.25. The summed E-state index contributed by atoms with van der Waals surface area (Å²) in [6, 6.07) is 0. The van der Waals surface area contributed by atoms with Crippen LogP contribution in [-0.4, -0.2) is 4.87 Å². The fourth-order valence-corrected chi connectivity index (χ4v) is 1.24. The first kappa shape index (κ1) is 9.29. The molecule has 0 rings (SSSR count). The Hall–Kier alpha value is 0.290. The Bertz CT molecular complexity index is 65.0. The summed E-state index contributed by atoms with van der Waals surface area (Å²) in [7, 11) is 0. The van der Waals surface area contributed by atoms with E-state index in [2.05, 4.69) is 20.8 Å². The number of hydrogen-bond acceptors (Lipinski definition) is 0. The van der Waals surface area contributed by atoms with Gasteiger partial charge >= 0.3 is 0 Å². The number of alkyl halides is 1. The van der Waals surface area contributed by atoms with Gasteiger partial charge in [-0.3, -0.25) is 0 Å². The van der Waals surface area contributed by atoms with E-state index < -0.39 is 0 Å². The maximum absolute atomic E-state index is 6.21. The molecule has 0 fully saturated rings. The Balaban J connectivity index is 3.62. The highest BCUT2D eigenvalue weighted by Gasteiger charge is 2.20. The van der Waals surface area contributed by atoms with Crippen molar-refractivity contribution in [3.05, 3.63) is 0 Å². The van der Waals surface area contributed by atoms with Gasteiger partial charge < -0.3 is 0 Å². The maximum Gasteiger partial charge on any atom is 0.0441 e. The Kier molecular flexibility index (Phi) is 4.29. The lowest BCUT2D eigenvalue weighted by atomic mass is 9.97. The molecule has 56 valence electrons. The molecule has 0 saturated carbocycles. The molecule has 0 aliphatic carbocycles. The third-order valence-electron chi connectivity index (χ3n) is 1.97. The summed E-state index contributed by atoms with van der Waals surface area (Å²) in [5.74, 6) is 0. The summed E-state index contributed by atoms with van der Waals surface area (Å²) in [5, 5.41) is 0. The zero-order valence-corrected chi connectivity index (χ0v) is 7.46. The molecular weight excluding hydrogens is 132 g/mol. The van der Waals surface area contributed by atoms with Gasteiger partial charge in [-0.05, 0) is 19.3 Å². The van der Waals surface area contributed by atoms with Crippen molar-refractivity contribution in [3.8, 4) is 0 Å². The predicted octanol–water partition coefficient (Wildman–Crippen LogP) is 3.58. The average Bonchev–Trinajstić information content (AvgIpc) is 1.89. The van der Waals surface area contributed by atoms with Gasteiger partial charge in [-0.15, -0.1) is 11.6 Å². The largest absolute Gasteiger partial charge is 0.119 e. The lowest BCUT2D eigenvalue weighted by molar-refractivity contribution is 0.490. The molecule has 0 saturated heterocycles. The SMILES string of the molecule is CCCC(Cl)(CC)CC. The second-order valence-corrected chi connectivity index (χ2v) is 3.41. The predicted molar refractivity (Wildman–Crippen MR) is 44.1 cm³/mol.